The average molecular weight is 322 g/mol. The zero-order chi connectivity index (χ0) is 13.4. The second kappa shape index (κ2) is 4.67. The number of hydrogen-bond acceptors (Lipinski definition) is 4. The van der Waals surface area contributed by atoms with E-state index in [-0.39, 0.29) is 0 Å². The molecular weight excluding hydrogens is 310 g/mol. The molecule has 0 fully saturated rings. The summed E-state index contributed by atoms with van der Waals surface area (Å²) in [7, 11) is 1.63. The van der Waals surface area contributed by atoms with Crippen LogP contribution in [0.1, 0.15) is 5.69 Å². The number of ether oxygens (including phenoxy) is 1. The van der Waals surface area contributed by atoms with E-state index in [4.69, 9.17) is 10.5 Å². The van der Waals surface area contributed by atoms with Crippen molar-refractivity contribution in [2.24, 2.45) is 0 Å². The first-order valence-corrected chi connectivity index (χ1v) is 6.46. The van der Waals surface area contributed by atoms with Crippen LogP contribution in [0.5, 0.6) is 0 Å². The van der Waals surface area contributed by atoms with Crippen molar-refractivity contribution in [3.05, 3.63) is 34.4 Å². The Balaban J connectivity index is 2.21. The van der Waals surface area contributed by atoms with Crippen molar-refractivity contribution in [2.45, 2.75) is 6.61 Å². The summed E-state index contributed by atoms with van der Waals surface area (Å²) >= 11 is 3.41. The fourth-order valence-electron chi connectivity index (χ4n) is 2.00. The van der Waals surface area contributed by atoms with Crippen molar-refractivity contribution in [1.29, 1.82) is 0 Å². The van der Waals surface area contributed by atoms with Gasteiger partial charge in [-0.1, -0.05) is 15.9 Å². The number of nitrogens with one attached hydrogen (secondary N) is 1. The predicted molar refractivity (Wildman–Crippen MR) is 76.0 cm³/mol. The third kappa shape index (κ3) is 2.00. The van der Waals surface area contributed by atoms with Gasteiger partial charge >= 0.3 is 0 Å². The van der Waals surface area contributed by atoms with Crippen molar-refractivity contribution in [3.8, 4) is 5.69 Å². The molecule has 3 N–H and O–H groups in total. The van der Waals surface area contributed by atoms with Gasteiger partial charge in [-0.2, -0.15) is 10.2 Å². The van der Waals surface area contributed by atoms with Crippen LogP contribution >= 0.6 is 15.9 Å². The van der Waals surface area contributed by atoms with Crippen molar-refractivity contribution in [2.75, 3.05) is 12.8 Å². The van der Waals surface area contributed by atoms with Crippen LogP contribution in [-0.4, -0.2) is 27.1 Å². The summed E-state index contributed by atoms with van der Waals surface area (Å²) in [6.45, 7) is 0.393. The zero-order valence-electron chi connectivity index (χ0n) is 10.2. The molecule has 0 saturated carbocycles. The van der Waals surface area contributed by atoms with E-state index in [2.05, 4.69) is 31.2 Å². The molecule has 0 unspecified atom stereocenters. The molecule has 0 atom stereocenters. The number of fused-ring (bicyclic) bond motifs is 1. The van der Waals surface area contributed by atoms with E-state index in [9.17, 15) is 0 Å². The van der Waals surface area contributed by atoms with E-state index in [1.54, 1.807) is 11.8 Å². The Hall–Kier alpha value is -1.86. The summed E-state index contributed by atoms with van der Waals surface area (Å²) in [4.78, 5) is 0. The molecule has 1 aromatic carbocycles. The van der Waals surface area contributed by atoms with Crippen molar-refractivity contribution >= 4 is 32.8 Å². The maximum absolute atomic E-state index is 5.89. The third-order valence-corrected chi connectivity index (χ3v) is 3.37. The van der Waals surface area contributed by atoms with Gasteiger partial charge in [0.25, 0.3) is 0 Å². The standard InChI is InChI=1S/C12H12BrN5O/c1-19-6-9-10-11(14)15-16-12(10)18(17-9)8-4-2-7(13)3-5-8/h2-5H,6H2,1H3,(H3,14,15,16). The molecule has 6 nitrogen and oxygen atoms in total. The number of hydrogen-bond donors (Lipinski definition) is 2. The number of rotatable bonds is 3. The number of aromatic nitrogens is 4. The van der Waals surface area contributed by atoms with E-state index in [0.717, 1.165) is 21.2 Å². The molecule has 0 saturated heterocycles. The molecule has 98 valence electrons. The lowest BCUT2D eigenvalue weighted by Crippen LogP contribution is -1.99. The van der Waals surface area contributed by atoms with Crippen LogP contribution in [0.4, 0.5) is 5.82 Å². The van der Waals surface area contributed by atoms with E-state index < -0.39 is 0 Å². The van der Waals surface area contributed by atoms with Gasteiger partial charge in [0, 0.05) is 11.6 Å². The molecule has 0 bridgehead atoms. The van der Waals surface area contributed by atoms with Gasteiger partial charge in [0.05, 0.1) is 17.7 Å². The van der Waals surface area contributed by atoms with Crippen molar-refractivity contribution < 1.29 is 4.74 Å². The normalized spacial score (nSPS) is 11.3. The van der Waals surface area contributed by atoms with Crippen LogP contribution in [0.25, 0.3) is 16.7 Å². The number of nitrogen functional groups attached to an aromatic ring is 1. The first-order valence-electron chi connectivity index (χ1n) is 5.67. The second-order valence-corrected chi connectivity index (χ2v) is 5.02. The topological polar surface area (TPSA) is 81.8 Å². The minimum atomic E-state index is 0.393. The quantitative estimate of drug-likeness (QED) is 0.775. The number of methoxy groups -OCH3 is 1. The monoisotopic (exact) mass is 321 g/mol. The van der Waals surface area contributed by atoms with E-state index >= 15 is 0 Å². The van der Waals surface area contributed by atoms with Crippen molar-refractivity contribution in [1.82, 2.24) is 20.0 Å². The fraction of sp³-hybridized carbons (Fsp3) is 0.167. The molecule has 0 aliphatic heterocycles. The highest BCUT2D eigenvalue weighted by Gasteiger charge is 2.17. The molecule has 19 heavy (non-hydrogen) atoms. The van der Waals surface area contributed by atoms with Crippen LogP contribution in [0.2, 0.25) is 0 Å². The SMILES string of the molecule is COCc1nn(-c2ccc(Br)cc2)c2n[nH]c(N)c12. The van der Waals surface area contributed by atoms with Gasteiger partial charge in [-0.15, -0.1) is 0 Å². The lowest BCUT2D eigenvalue weighted by Gasteiger charge is -2.01. The Morgan fingerprint density at radius 2 is 2.11 bits per heavy atom. The van der Waals surface area contributed by atoms with Gasteiger partial charge < -0.3 is 10.5 Å². The van der Waals surface area contributed by atoms with Crippen LogP contribution in [0.3, 0.4) is 0 Å². The Morgan fingerprint density at radius 3 is 2.79 bits per heavy atom. The molecule has 0 radical (unpaired) electrons. The minimum Gasteiger partial charge on any atom is -0.383 e. The van der Waals surface area contributed by atoms with Gasteiger partial charge in [-0.3, -0.25) is 5.10 Å². The van der Waals surface area contributed by atoms with E-state index in [1.165, 1.54) is 0 Å². The largest absolute Gasteiger partial charge is 0.383 e. The zero-order valence-corrected chi connectivity index (χ0v) is 11.8. The Labute approximate surface area is 117 Å². The number of halogens is 1. The number of anilines is 1. The van der Waals surface area contributed by atoms with Crippen molar-refractivity contribution in [3.63, 3.8) is 0 Å². The fourth-order valence-corrected chi connectivity index (χ4v) is 2.27. The van der Waals surface area contributed by atoms with Gasteiger partial charge in [-0.05, 0) is 24.3 Å². The molecule has 0 amide bonds. The Morgan fingerprint density at radius 1 is 1.37 bits per heavy atom. The maximum atomic E-state index is 5.89. The number of H-pyrrole nitrogens is 1. The summed E-state index contributed by atoms with van der Waals surface area (Å²) in [6.07, 6.45) is 0. The van der Waals surface area contributed by atoms with Crippen LogP contribution in [-0.2, 0) is 11.3 Å². The molecule has 3 rings (SSSR count). The summed E-state index contributed by atoms with van der Waals surface area (Å²) in [5, 5.41) is 12.3. The molecule has 2 aromatic heterocycles. The molecule has 2 heterocycles. The highest BCUT2D eigenvalue weighted by molar-refractivity contribution is 9.10. The van der Waals surface area contributed by atoms with Gasteiger partial charge in [0.2, 0.25) is 0 Å². The molecule has 7 heteroatoms. The third-order valence-electron chi connectivity index (χ3n) is 2.84. The predicted octanol–water partition coefficient (Wildman–Crippen LogP) is 2.24. The first-order chi connectivity index (χ1) is 9.20. The molecule has 0 spiro atoms. The number of aromatic amines is 1. The summed E-state index contributed by atoms with van der Waals surface area (Å²) < 4.78 is 7.91. The summed E-state index contributed by atoms with van der Waals surface area (Å²) in [5.74, 6) is 0.505. The molecule has 0 aliphatic rings. The smallest absolute Gasteiger partial charge is 0.186 e. The van der Waals surface area contributed by atoms with Crippen LogP contribution in [0.15, 0.2) is 28.7 Å². The summed E-state index contributed by atoms with van der Waals surface area (Å²) in [5.41, 5.74) is 8.28. The summed E-state index contributed by atoms with van der Waals surface area (Å²) in [6, 6.07) is 7.82. The molecular formula is C12H12BrN5O. The first kappa shape index (κ1) is 12.2. The average Bonchev–Trinajstić information content (AvgIpc) is 2.94. The highest BCUT2D eigenvalue weighted by Crippen LogP contribution is 2.25. The van der Waals surface area contributed by atoms with Crippen LogP contribution in [0, 0.1) is 0 Å². The molecule has 0 aliphatic carbocycles. The number of benzene rings is 1. The lowest BCUT2D eigenvalue weighted by molar-refractivity contribution is 0.182. The lowest BCUT2D eigenvalue weighted by atomic mass is 10.3. The van der Waals surface area contributed by atoms with E-state index in [0.29, 0.717) is 18.1 Å². The maximum Gasteiger partial charge on any atom is 0.186 e. The molecule has 3 aromatic rings. The van der Waals surface area contributed by atoms with Gasteiger partial charge in [-0.25, -0.2) is 4.68 Å². The second-order valence-electron chi connectivity index (χ2n) is 4.10. The number of nitrogens with zero attached hydrogens (tertiary/aromatic N) is 3. The van der Waals surface area contributed by atoms with Gasteiger partial charge in [0.1, 0.15) is 11.5 Å². The van der Waals surface area contributed by atoms with E-state index in [1.807, 2.05) is 24.3 Å². The number of nitrogens with two attached hydrogens (primary N) is 1. The Bertz CT molecular complexity index is 716. The minimum absolute atomic E-state index is 0.393. The van der Waals surface area contributed by atoms with Gasteiger partial charge in [0.15, 0.2) is 5.65 Å². The Kier molecular flexibility index (Phi) is 3.00. The van der Waals surface area contributed by atoms with Crippen LogP contribution < -0.4 is 5.73 Å². The highest BCUT2D eigenvalue weighted by atomic mass is 79.9.